The van der Waals surface area contributed by atoms with E-state index in [1.807, 2.05) is 0 Å². The van der Waals surface area contributed by atoms with Gasteiger partial charge in [-0.15, -0.1) is 0 Å². The Kier molecular flexibility index (Phi) is 5.43. The van der Waals surface area contributed by atoms with Crippen molar-refractivity contribution in [3.63, 3.8) is 0 Å². The van der Waals surface area contributed by atoms with Gasteiger partial charge < -0.3 is 9.84 Å². The minimum absolute atomic E-state index is 0.342. The fourth-order valence-corrected chi connectivity index (χ4v) is 2.40. The Bertz CT molecular complexity index is 938. The molecule has 1 aromatic heterocycles. The van der Waals surface area contributed by atoms with Crippen LogP contribution in [0.5, 0.6) is 0 Å². The molecular weight excluding hydrogens is 357 g/mol. The summed E-state index contributed by atoms with van der Waals surface area (Å²) in [5.74, 6) is -1.25. The molecule has 26 heavy (non-hydrogen) atoms. The number of carbonyl (C=O) groups is 1. The number of nitrogens with one attached hydrogen (secondary N) is 1. The number of hydrogen-bond donors (Lipinski definition) is 1. The highest BCUT2D eigenvalue weighted by Crippen LogP contribution is 2.21. The van der Waals surface area contributed by atoms with Gasteiger partial charge in [-0.1, -0.05) is 22.8 Å². The number of carbonyl (C=O) groups excluding carboxylic acids is 1. The van der Waals surface area contributed by atoms with Crippen LogP contribution in [0.15, 0.2) is 64.1 Å². The summed E-state index contributed by atoms with van der Waals surface area (Å²) < 4.78 is 18.5. The lowest BCUT2D eigenvalue weighted by atomic mass is 10.1. The van der Waals surface area contributed by atoms with Crippen molar-refractivity contribution in [3.05, 3.63) is 76.9 Å². The SMILES string of the molecule is Cc1cc(C(C=Nc2cccc(F)c2)C(=O)Nc2ccc(Cl)cc2)on1. The molecule has 0 radical (unpaired) electrons. The molecule has 0 fully saturated rings. The van der Waals surface area contributed by atoms with E-state index < -0.39 is 11.7 Å². The Morgan fingerprint density at radius 1 is 1.27 bits per heavy atom. The number of aryl methyl sites for hydroxylation is 1. The van der Waals surface area contributed by atoms with E-state index >= 15 is 0 Å². The highest BCUT2D eigenvalue weighted by atomic mass is 35.5. The van der Waals surface area contributed by atoms with Gasteiger partial charge in [-0.25, -0.2) is 4.39 Å². The summed E-state index contributed by atoms with van der Waals surface area (Å²) in [4.78, 5) is 16.9. The van der Waals surface area contributed by atoms with Crippen molar-refractivity contribution in [1.82, 2.24) is 5.16 Å². The first kappa shape index (κ1) is 17.8. The van der Waals surface area contributed by atoms with Crippen LogP contribution in [0.25, 0.3) is 0 Å². The van der Waals surface area contributed by atoms with Crippen LogP contribution in [-0.2, 0) is 4.79 Å². The van der Waals surface area contributed by atoms with Gasteiger partial charge in [-0.3, -0.25) is 9.79 Å². The van der Waals surface area contributed by atoms with Crippen molar-refractivity contribution in [2.24, 2.45) is 4.99 Å². The molecule has 1 atom stereocenters. The predicted octanol–water partition coefficient (Wildman–Crippen LogP) is 4.90. The van der Waals surface area contributed by atoms with Gasteiger partial charge in [0.15, 0.2) is 5.76 Å². The molecule has 0 spiro atoms. The summed E-state index contributed by atoms with van der Waals surface area (Å²) in [6.07, 6.45) is 1.40. The van der Waals surface area contributed by atoms with Crippen LogP contribution < -0.4 is 5.32 Å². The van der Waals surface area contributed by atoms with Crippen molar-refractivity contribution < 1.29 is 13.7 Å². The highest BCUT2D eigenvalue weighted by Gasteiger charge is 2.23. The monoisotopic (exact) mass is 371 g/mol. The summed E-state index contributed by atoms with van der Waals surface area (Å²) >= 11 is 5.85. The van der Waals surface area contributed by atoms with Crippen molar-refractivity contribution in [2.45, 2.75) is 12.8 Å². The molecular formula is C19H15ClFN3O2. The molecule has 0 aliphatic rings. The fraction of sp³-hybridized carbons (Fsp3) is 0.105. The van der Waals surface area contributed by atoms with Crippen LogP contribution >= 0.6 is 11.6 Å². The maximum atomic E-state index is 13.3. The molecule has 1 N–H and O–H groups in total. The number of hydrogen-bond acceptors (Lipinski definition) is 4. The number of amides is 1. The van der Waals surface area contributed by atoms with Crippen molar-refractivity contribution >= 4 is 35.1 Å². The van der Waals surface area contributed by atoms with Gasteiger partial charge in [0.05, 0.1) is 11.4 Å². The zero-order chi connectivity index (χ0) is 18.5. The van der Waals surface area contributed by atoms with Crippen molar-refractivity contribution in [1.29, 1.82) is 0 Å². The number of aliphatic imine (C=N–C) groups is 1. The molecule has 2 aromatic carbocycles. The molecule has 3 rings (SSSR count). The van der Waals surface area contributed by atoms with E-state index in [-0.39, 0.29) is 5.91 Å². The van der Waals surface area contributed by atoms with Gasteiger partial charge >= 0.3 is 0 Å². The van der Waals surface area contributed by atoms with Gasteiger partial charge in [-0.05, 0) is 49.4 Å². The highest BCUT2D eigenvalue weighted by molar-refractivity contribution is 6.30. The maximum absolute atomic E-state index is 13.3. The van der Waals surface area contributed by atoms with E-state index in [1.165, 1.54) is 18.3 Å². The summed E-state index contributed by atoms with van der Waals surface area (Å²) in [5.41, 5.74) is 1.62. The topological polar surface area (TPSA) is 67.5 Å². The molecule has 1 heterocycles. The van der Waals surface area contributed by atoms with Crippen LogP contribution in [0, 0.1) is 12.7 Å². The number of benzene rings is 2. The molecule has 0 saturated carbocycles. The Balaban J connectivity index is 1.85. The Morgan fingerprint density at radius 3 is 2.69 bits per heavy atom. The third kappa shape index (κ3) is 4.55. The first-order valence-electron chi connectivity index (χ1n) is 7.80. The minimum Gasteiger partial charge on any atom is -0.360 e. The second-order valence-electron chi connectivity index (χ2n) is 5.60. The zero-order valence-electron chi connectivity index (χ0n) is 13.8. The Hall–Kier alpha value is -2.99. The van der Waals surface area contributed by atoms with Gasteiger partial charge in [0, 0.05) is 23.0 Å². The van der Waals surface area contributed by atoms with Crippen LogP contribution in [0.3, 0.4) is 0 Å². The number of rotatable bonds is 5. The van der Waals surface area contributed by atoms with E-state index in [4.69, 9.17) is 16.1 Å². The molecule has 1 unspecified atom stereocenters. The van der Waals surface area contributed by atoms with Gasteiger partial charge in [0.1, 0.15) is 11.7 Å². The normalized spacial score (nSPS) is 12.3. The second-order valence-corrected chi connectivity index (χ2v) is 6.04. The summed E-state index contributed by atoms with van der Waals surface area (Å²) in [5, 5.41) is 7.16. The van der Waals surface area contributed by atoms with Gasteiger partial charge in [-0.2, -0.15) is 0 Å². The Morgan fingerprint density at radius 2 is 2.04 bits per heavy atom. The van der Waals surface area contributed by atoms with E-state index in [1.54, 1.807) is 49.4 Å². The number of nitrogens with zero attached hydrogens (tertiary/aromatic N) is 2. The van der Waals surface area contributed by atoms with Crippen LogP contribution in [-0.4, -0.2) is 17.3 Å². The van der Waals surface area contributed by atoms with E-state index in [9.17, 15) is 9.18 Å². The molecule has 0 saturated heterocycles. The van der Waals surface area contributed by atoms with Crippen LogP contribution in [0.2, 0.25) is 5.02 Å². The lowest BCUT2D eigenvalue weighted by Gasteiger charge is -2.10. The largest absolute Gasteiger partial charge is 0.360 e. The van der Waals surface area contributed by atoms with E-state index in [0.717, 1.165) is 0 Å². The lowest BCUT2D eigenvalue weighted by molar-refractivity contribution is -0.116. The molecule has 1 amide bonds. The average Bonchev–Trinajstić information content (AvgIpc) is 3.03. The van der Waals surface area contributed by atoms with E-state index in [0.29, 0.717) is 27.9 Å². The standard InChI is InChI=1S/C19H15ClFN3O2/c1-12-9-18(26-24-12)17(11-22-16-4-2-3-14(21)10-16)19(25)23-15-7-5-13(20)6-8-15/h2-11,17H,1H3,(H,23,25). The van der Waals surface area contributed by atoms with Crippen molar-refractivity contribution in [2.75, 3.05) is 5.32 Å². The maximum Gasteiger partial charge on any atom is 0.240 e. The zero-order valence-corrected chi connectivity index (χ0v) is 14.6. The van der Waals surface area contributed by atoms with Crippen LogP contribution in [0.4, 0.5) is 15.8 Å². The third-order valence-corrected chi connectivity index (χ3v) is 3.78. The molecule has 132 valence electrons. The smallest absolute Gasteiger partial charge is 0.240 e. The van der Waals surface area contributed by atoms with Crippen LogP contribution in [0.1, 0.15) is 17.4 Å². The van der Waals surface area contributed by atoms with E-state index in [2.05, 4.69) is 15.5 Å². The lowest BCUT2D eigenvalue weighted by Crippen LogP contribution is -2.22. The average molecular weight is 372 g/mol. The quantitative estimate of drug-likeness (QED) is 0.648. The first-order chi connectivity index (χ1) is 12.5. The Labute approximate surface area is 154 Å². The number of halogens is 2. The summed E-state index contributed by atoms with van der Waals surface area (Å²) in [6.45, 7) is 1.75. The second kappa shape index (κ2) is 7.93. The molecule has 5 nitrogen and oxygen atoms in total. The molecule has 0 aliphatic heterocycles. The minimum atomic E-state index is -0.824. The van der Waals surface area contributed by atoms with Gasteiger partial charge in [0.2, 0.25) is 5.91 Å². The third-order valence-electron chi connectivity index (χ3n) is 3.53. The summed E-state index contributed by atoms with van der Waals surface area (Å²) in [6, 6.07) is 14.2. The predicted molar refractivity (Wildman–Crippen MR) is 98.6 cm³/mol. The molecule has 0 aliphatic carbocycles. The summed E-state index contributed by atoms with van der Waals surface area (Å²) in [7, 11) is 0. The van der Waals surface area contributed by atoms with Gasteiger partial charge in [0.25, 0.3) is 0 Å². The molecule has 7 heteroatoms. The molecule has 3 aromatic rings. The fourth-order valence-electron chi connectivity index (χ4n) is 2.27. The first-order valence-corrected chi connectivity index (χ1v) is 8.18. The number of aromatic nitrogens is 1. The van der Waals surface area contributed by atoms with Crippen molar-refractivity contribution in [3.8, 4) is 0 Å². The number of anilines is 1. The molecule has 0 bridgehead atoms.